The Labute approximate surface area is 106 Å². The minimum absolute atomic E-state index is 0.122. The topological polar surface area (TPSA) is 46.1 Å². The second kappa shape index (κ2) is 5.40. The molecule has 0 N–H and O–H groups in total. The highest BCUT2D eigenvalue weighted by atomic mass is 16.2. The molecule has 0 radical (unpaired) electrons. The molecule has 0 aliphatic heterocycles. The lowest BCUT2D eigenvalue weighted by Crippen LogP contribution is -2.27. The van der Waals surface area contributed by atoms with Crippen molar-refractivity contribution < 1.29 is 4.79 Å². The lowest BCUT2D eigenvalue weighted by molar-refractivity contribution is 0.0779. The van der Waals surface area contributed by atoms with Gasteiger partial charge in [0.25, 0.3) is 5.91 Å². The van der Waals surface area contributed by atoms with Crippen LogP contribution in [0.4, 0.5) is 0 Å². The van der Waals surface area contributed by atoms with Crippen LogP contribution in [0.2, 0.25) is 0 Å². The molecule has 4 heteroatoms. The van der Waals surface area contributed by atoms with E-state index in [1.54, 1.807) is 18.1 Å². The number of benzene rings is 1. The number of aryl methyl sites for hydroxylation is 1. The number of carbonyl (C=O) groups excluding carboxylic acids is 1. The van der Waals surface area contributed by atoms with E-state index in [2.05, 4.69) is 9.97 Å². The molecule has 1 aromatic carbocycles. The van der Waals surface area contributed by atoms with Gasteiger partial charge in [-0.25, -0.2) is 4.98 Å². The predicted octanol–water partition coefficient (Wildman–Crippen LogP) is 2.06. The Morgan fingerprint density at radius 3 is 2.56 bits per heavy atom. The highest BCUT2D eigenvalue weighted by molar-refractivity contribution is 5.91. The molecule has 4 nitrogen and oxygen atoms in total. The molecular formula is C14H15N3O. The first-order chi connectivity index (χ1) is 8.66. The van der Waals surface area contributed by atoms with Gasteiger partial charge in [-0.1, -0.05) is 29.8 Å². The van der Waals surface area contributed by atoms with E-state index < -0.39 is 0 Å². The molecule has 0 unspecified atom stereocenters. The van der Waals surface area contributed by atoms with Crippen LogP contribution < -0.4 is 0 Å². The molecule has 0 saturated carbocycles. The molecule has 0 saturated heterocycles. The number of amides is 1. The average Bonchev–Trinajstić information content (AvgIpc) is 2.41. The Balaban J connectivity index is 2.06. The standard InChI is InChI=1S/C14H15N3O/c1-11-3-5-12(6-4-11)10-17(2)14(18)13-9-15-7-8-16-13/h3-9H,10H2,1-2H3. The van der Waals surface area contributed by atoms with E-state index in [0.717, 1.165) is 5.56 Å². The number of hydrogen-bond acceptors (Lipinski definition) is 3. The number of carbonyl (C=O) groups is 1. The first-order valence-electron chi connectivity index (χ1n) is 5.74. The molecule has 18 heavy (non-hydrogen) atoms. The third-order valence-corrected chi connectivity index (χ3v) is 2.67. The summed E-state index contributed by atoms with van der Waals surface area (Å²) in [6.07, 6.45) is 4.55. The average molecular weight is 241 g/mol. The van der Waals surface area contributed by atoms with Gasteiger partial charge in [0.15, 0.2) is 0 Å². The monoisotopic (exact) mass is 241 g/mol. The fraction of sp³-hybridized carbons (Fsp3) is 0.214. The maximum atomic E-state index is 12.0. The highest BCUT2D eigenvalue weighted by Gasteiger charge is 2.13. The SMILES string of the molecule is Cc1ccc(CN(C)C(=O)c2cnccn2)cc1. The summed E-state index contributed by atoms with van der Waals surface area (Å²) < 4.78 is 0. The summed E-state index contributed by atoms with van der Waals surface area (Å²) in [5.41, 5.74) is 2.68. The second-order valence-electron chi connectivity index (χ2n) is 4.24. The summed E-state index contributed by atoms with van der Waals surface area (Å²) in [5, 5.41) is 0. The molecule has 0 aliphatic rings. The van der Waals surface area contributed by atoms with Crippen LogP contribution in [0.1, 0.15) is 21.6 Å². The molecule has 1 amide bonds. The lowest BCUT2D eigenvalue weighted by Gasteiger charge is -2.16. The van der Waals surface area contributed by atoms with Crippen LogP contribution in [-0.4, -0.2) is 27.8 Å². The third-order valence-electron chi connectivity index (χ3n) is 2.67. The minimum atomic E-state index is -0.122. The molecule has 0 spiro atoms. The van der Waals surface area contributed by atoms with Crippen LogP contribution in [0.5, 0.6) is 0 Å². The van der Waals surface area contributed by atoms with Crippen molar-refractivity contribution in [2.45, 2.75) is 13.5 Å². The molecule has 0 aliphatic carbocycles. The summed E-state index contributed by atoms with van der Waals surface area (Å²) in [4.78, 5) is 21.6. The van der Waals surface area contributed by atoms with E-state index in [4.69, 9.17) is 0 Å². The Morgan fingerprint density at radius 1 is 1.22 bits per heavy atom. The number of hydrogen-bond donors (Lipinski definition) is 0. The lowest BCUT2D eigenvalue weighted by atomic mass is 10.1. The minimum Gasteiger partial charge on any atom is -0.336 e. The van der Waals surface area contributed by atoms with Crippen molar-refractivity contribution in [2.75, 3.05) is 7.05 Å². The Morgan fingerprint density at radius 2 is 1.94 bits per heavy atom. The molecule has 0 atom stereocenters. The van der Waals surface area contributed by atoms with Gasteiger partial charge in [0.1, 0.15) is 5.69 Å². The molecular weight excluding hydrogens is 226 g/mol. The molecule has 0 fully saturated rings. The highest BCUT2D eigenvalue weighted by Crippen LogP contribution is 2.07. The van der Waals surface area contributed by atoms with Crippen molar-refractivity contribution in [1.29, 1.82) is 0 Å². The molecule has 1 heterocycles. The Hall–Kier alpha value is -2.23. The first kappa shape index (κ1) is 12.2. The Kier molecular flexibility index (Phi) is 3.67. The van der Waals surface area contributed by atoms with E-state index in [1.165, 1.54) is 18.0 Å². The fourth-order valence-corrected chi connectivity index (χ4v) is 1.64. The smallest absolute Gasteiger partial charge is 0.274 e. The fourth-order valence-electron chi connectivity index (χ4n) is 1.64. The van der Waals surface area contributed by atoms with Crippen molar-refractivity contribution in [3.8, 4) is 0 Å². The predicted molar refractivity (Wildman–Crippen MR) is 69.0 cm³/mol. The van der Waals surface area contributed by atoms with Gasteiger partial charge in [0.2, 0.25) is 0 Å². The van der Waals surface area contributed by atoms with E-state index in [1.807, 2.05) is 31.2 Å². The van der Waals surface area contributed by atoms with Crippen molar-refractivity contribution in [1.82, 2.24) is 14.9 Å². The zero-order valence-electron chi connectivity index (χ0n) is 10.5. The van der Waals surface area contributed by atoms with Gasteiger partial charge in [-0.05, 0) is 12.5 Å². The molecule has 2 aromatic rings. The number of aromatic nitrogens is 2. The van der Waals surface area contributed by atoms with Crippen LogP contribution in [0.25, 0.3) is 0 Å². The van der Waals surface area contributed by atoms with Gasteiger partial charge >= 0.3 is 0 Å². The van der Waals surface area contributed by atoms with Gasteiger partial charge in [-0.3, -0.25) is 9.78 Å². The van der Waals surface area contributed by atoms with Crippen molar-refractivity contribution >= 4 is 5.91 Å². The molecule has 2 rings (SSSR count). The summed E-state index contributed by atoms with van der Waals surface area (Å²) in [5.74, 6) is -0.122. The van der Waals surface area contributed by atoms with E-state index in [-0.39, 0.29) is 5.91 Å². The molecule has 1 aromatic heterocycles. The van der Waals surface area contributed by atoms with Crippen LogP contribution in [0, 0.1) is 6.92 Å². The normalized spacial score (nSPS) is 10.1. The molecule has 92 valence electrons. The van der Waals surface area contributed by atoms with Crippen molar-refractivity contribution in [3.63, 3.8) is 0 Å². The maximum Gasteiger partial charge on any atom is 0.274 e. The zero-order chi connectivity index (χ0) is 13.0. The van der Waals surface area contributed by atoms with Crippen LogP contribution in [-0.2, 0) is 6.54 Å². The van der Waals surface area contributed by atoms with E-state index in [9.17, 15) is 4.79 Å². The zero-order valence-corrected chi connectivity index (χ0v) is 10.5. The van der Waals surface area contributed by atoms with Gasteiger partial charge in [0.05, 0.1) is 6.20 Å². The van der Waals surface area contributed by atoms with Gasteiger partial charge in [0, 0.05) is 26.0 Å². The van der Waals surface area contributed by atoms with Crippen molar-refractivity contribution in [2.24, 2.45) is 0 Å². The Bertz CT molecular complexity index is 522. The van der Waals surface area contributed by atoms with Crippen molar-refractivity contribution in [3.05, 3.63) is 59.7 Å². The summed E-state index contributed by atoms with van der Waals surface area (Å²) >= 11 is 0. The van der Waals surface area contributed by atoms with Gasteiger partial charge in [-0.15, -0.1) is 0 Å². The van der Waals surface area contributed by atoms with E-state index in [0.29, 0.717) is 12.2 Å². The number of rotatable bonds is 3. The quantitative estimate of drug-likeness (QED) is 0.826. The van der Waals surface area contributed by atoms with Crippen LogP contribution >= 0.6 is 0 Å². The van der Waals surface area contributed by atoms with E-state index >= 15 is 0 Å². The molecule has 0 bridgehead atoms. The summed E-state index contributed by atoms with van der Waals surface area (Å²) in [6, 6.07) is 8.12. The summed E-state index contributed by atoms with van der Waals surface area (Å²) in [6.45, 7) is 2.61. The van der Waals surface area contributed by atoms with Gasteiger partial charge < -0.3 is 4.90 Å². The number of nitrogens with zero attached hydrogens (tertiary/aromatic N) is 3. The first-order valence-corrected chi connectivity index (χ1v) is 5.74. The largest absolute Gasteiger partial charge is 0.336 e. The maximum absolute atomic E-state index is 12.0. The van der Waals surface area contributed by atoms with Crippen LogP contribution in [0.3, 0.4) is 0 Å². The van der Waals surface area contributed by atoms with Gasteiger partial charge in [-0.2, -0.15) is 0 Å². The van der Waals surface area contributed by atoms with Crippen LogP contribution in [0.15, 0.2) is 42.9 Å². The second-order valence-corrected chi connectivity index (χ2v) is 4.24. The third kappa shape index (κ3) is 2.91. The summed E-state index contributed by atoms with van der Waals surface area (Å²) in [7, 11) is 1.76.